The van der Waals surface area contributed by atoms with Gasteiger partial charge < -0.3 is 15.1 Å². The van der Waals surface area contributed by atoms with E-state index in [2.05, 4.69) is 16.7 Å². The molecule has 1 heterocycles. The van der Waals surface area contributed by atoms with E-state index < -0.39 is 5.91 Å². The van der Waals surface area contributed by atoms with Gasteiger partial charge in [0.2, 0.25) is 0 Å². The van der Waals surface area contributed by atoms with Crippen molar-refractivity contribution < 1.29 is 14.0 Å². The fourth-order valence-electron chi connectivity index (χ4n) is 2.97. The molecule has 0 saturated carbocycles. The lowest BCUT2D eigenvalue weighted by atomic mass is 10.0. The highest BCUT2D eigenvalue weighted by atomic mass is 16.3. The SMILES string of the molecule is Cc1ccc(C(=O)N/C(=C\c2ccco2)C(=O)N[C@@H](C)c2ccc(C)c(C)c2)cc1. The van der Waals surface area contributed by atoms with Crippen LogP contribution in [0.4, 0.5) is 0 Å². The first kappa shape index (κ1) is 21.1. The van der Waals surface area contributed by atoms with Crippen molar-refractivity contribution in [2.45, 2.75) is 33.7 Å². The number of carbonyl (C=O) groups is 2. The number of rotatable bonds is 6. The Morgan fingerprint density at radius 1 is 0.967 bits per heavy atom. The van der Waals surface area contributed by atoms with E-state index in [1.54, 1.807) is 24.3 Å². The molecule has 0 spiro atoms. The second kappa shape index (κ2) is 9.27. The van der Waals surface area contributed by atoms with Crippen LogP contribution in [-0.2, 0) is 4.79 Å². The van der Waals surface area contributed by atoms with E-state index in [0.29, 0.717) is 11.3 Å². The Bertz CT molecular complexity index is 1060. The van der Waals surface area contributed by atoms with Gasteiger partial charge in [-0.3, -0.25) is 9.59 Å². The highest BCUT2D eigenvalue weighted by molar-refractivity contribution is 6.05. The lowest BCUT2D eigenvalue weighted by Crippen LogP contribution is -2.36. The third-order valence-electron chi connectivity index (χ3n) is 5.01. The largest absolute Gasteiger partial charge is 0.465 e. The second-order valence-electron chi connectivity index (χ2n) is 7.43. The Balaban J connectivity index is 1.81. The Hall–Kier alpha value is -3.60. The van der Waals surface area contributed by atoms with Crippen molar-refractivity contribution in [1.29, 1.82) is 0 Å². The van der Waals surface area contributed by atoms with Crippen molar-refractivity contribution in [2.75, 3.05) is 0 Å². The van der Waals surface area contributed by atoms with E-state index in [4.69, 9.17) is 4.42 Å². The molecule has 0 radical (unpaired) electrons. The van der Waals surface area contributed by atoms with Crippen LogP contribution in [0, 0.1) is 20.8 Å². The topological polar surface area (TPSA) is 71.3 Å². The van der Waals surface area contributed by atoms with Crippen LogP contribution in [0.2, 0.25) is 0 Å². The van der Waals surface area contributed by atoms with Gasteiger partial charge in [0.15, 0.2) is 0 Å². The summed E-state index contributed by atoms with van der Waals surface area (Å²) in [6.07, 6.45) is 3.04. The smallest absolute Gasteiger partial charge is 0.268 e. The monoisotopic (exact) mass is 402 g/mol. The molecule has 154 valence electrons. The number of furan rings is 1. The van der Waals surface area contributed by atoms with Crippen LogP contribution >= 0.6 is 0 Å². The summed E-state index contributed by atoms with van der Waals surface area (Å²) in [6.45, 7) is 7.95. The molecule has 5 nitrogen and oxygen atoms in total. The molecule has 0 saturated heterocycles. The molecular formula is C25H26N2O3. The van der Waals surface area contributed by atoms with Crippen molar-refractivity contribution in [1.82, 2.24) is 10.6 Å². The highest BCUT2D eigenvalue weighted by Gasteiger charge is 2.18. The van der Waals surface area contributed by atoms with Gasteiger partial charge in [0.05, 0.1) is 12.3 Å². The fraction of sp³-hybridized carbons (Fsp3) is 0.200. The Kier molecular flexibility index (Phi) is 6.52. The van der Waals surface area contributed by atoms with E-state index in [0.717, 1.165) is 16.7 Å². The quantitative estimate of drug-likeness (QED) is 0.579. The molecule has 1 aromatic heterocycles. The van der Waals surface area contributed by atoms with Gasteiger partial charge in [0.1, 0.15) is 11.5 Å². The molecule has 30 heavy (non-hydrogen) atoms. The molecule has 0 unspecified atom stereocenters. The summed E-state index contributed by atoms with van der Waals surface area (Å²) in [6, 6.07) is 16.5. The molecule has 0 aliphatic rings. The summed E-state index contributed by atoms with van der Waals surface area (Å²) < 4.78 is 5.33. The van der Waals surface area contributed by atoms with Crippen molar-refractivity contribution in [2.24, 2.45) is 0 Å². The first-order valence-corrected chi connectivity index (χ1v) is 9.84. The number of hydrogen-bond acceptors (Lipinski definition) is 3. The predicted molar refractivity (Wildman–Crippen MR) is 118 cm³/mol. The molecule has 0 bridgehead atoms. The van der Waals surface area contributed by atoms with Crippen molar-refractivity contribution in [3.63, 3.8) is 0 Å². The van der Waals surface area contributed by atoms with Crippen LogP contribution < -0.4 is 10.6 Å². The van der Waals surface area contributed by atoms with Gasteiger partial charge in [0, 0.05) is 11.6 Å². The molecule has 0 fully saturated rings. The zero-order valence-electron chi connectivity index (χ0n) is 17.7. The maximum absolute atomic E-state index is 13.0. The zero-order valence-corrected chi connectivity index (χ0v) is 17.7. The number of carbonyl (C=O) groups excluding carboxylic acids is 2. The minimum atomic E-state index is -0.391. The van der Waals surface area contributed by atoms with Gasteiger partial charge in [-0.25, -0.2) is 0 Å². The maximum atomic E-state index is 13.0. The third kappa shape index (κ3) is 5.26. The van der Waals surface area contributed by atoms with E-state index in [1.807, 2.05) is 52.0 Å². The molecule has 3 aromatic rings. The van der Waals surface area contributed by atoms with Crippen molar-refractivity contribution >= 4 is 17.9 Å². The first-order chi connectivity index (χ1) is 14.3. The van der Waals surface area contributed by atoms with E-state index in [-0.39, 0.29) is 17.6 Å². The van der Waals surface area contributed by atoms with Gasteiger partial charge in [-0.15, -0.1) is 0 Å². The van der Waals surface area contributed by atoms with Gasteiger partial charge in [-0.05, 0) is 68.7 Å². The molecule has 2 amide bonds. The molecular weight excluding hydrogens is 376 g/mol. The van der Waals surface area contributed by atoms with Crippen LogP contribution in [-0.4, -0.2) is 11.8 Å². The summed E-state index contributed by atoms with van der Waals surface area (Å²) in [5.74, 6) is -0.275. The lowest BCUT2D eigenvalue weighted by molar-refractivity contribution is -0.118. The second-order valence-corrected chi connectivity index (χ2v) is 7.43. The van der Waals surface area contributed by atoms with Gasteiger partial charge in [-0.1, -0.05) is 35.9 Å². The normalized spacial score (nSPS) is 12.3. The van der Waals surface area contributed by atoms with Crippen LogP contribution in [0.15, 0.2) is 71.0 Å². The summed E-state index contributed by atoms with van der Waals surface area (Å²) in [5.41, 5.74) is 4.99. The summed E-state index contributed by atoms with van der Waals surface area (Å²) in [5, 5.41) is 5.68. The van der Waals surface area contributed by atoms with E-state index in [9.17, 15) is 9.59 Å². The number of nitrogens with one attached hydrogen (secondary N) is 2. The molecule has 1 atom stereocenters. The Morgan fingerprint density at radius 2 is 1.70 bits per heavy atom. The Labute approximate surface area is 176 Å². The minimum Gasteiger partial charge on any atom is -0.465 e. The molecule has 0 aliphatic heterocycles. The van der Waals surface area contributed by atoms with Crippen LogP contribution in [0.5, 0.6) is 0 Å². The van der Waals surface area contributed by atoms with Gasteiger partial charge in [-0.2, -0.15) is 0 Å². The standard InChI is InChI=1S/C25H26N2O3/c1-16-7-10-20(11-8-16)24(28)27-23(15-22-6-5-13-30-22)25(29)26-19(4)21-12-9-17(2)18(3)14-21/h5-15,19H,1-4H3,(H,26,29)(H,27,28)/b23-15-/t19-/m0/s1. The number of aryl methyl sites for hydroxylation is 3. The molecule has 5 heteroatoms. The van der Waals surface area contributed by atoms with Crippen LogP contribution in [0.25, 0.3) is 6.08 Å². The number of hydrogen-bond donors (Lipinski definition) is 2. The van der Waals surface area contributed by atoms with E-state index >= 15 is 0 Å². The van der Waals surface area contributed by atoms with Crippen molar-refractivity contribution in [3.05, 3.63) is 100 Å². The third-order valence-corrected chi connectivity index (χ3v) is 5.01. The lowest BCUT2D eigenvalue weighted by Gasteiger charge is -2.17. The summed E-state index contributed by atoms with van der Waals surface area (Å²) in [7, 11) is 0. The molecule has 3 rings (SSSR count). The molecule has 0 aliphatic carbocycles. The van der Waals surface area contributed by atoms with Gasteiger partial charge in [0.25, 0.3) is 11.8 Å². The first-order valence-electron chi connectivity index (χ1n) is 9.84. The fourth-order valence-corrected chi connectivity index (χ4v) is 2.97. The highest BCUT2D eigenvalue weighted by Crippen LogP contribution is 2.17. The molecule has 2 N–H and O–H groups in total. The number of amides is 2. The predicted octanol–water partition coefficient (Wildman–Crippen LogP) is 4.85. The van der Waals surface area contributed by atoms with E-state index in [1.165, 1.54) is 17.9 Å². The van der Waals surface area contributed by atoms with Crippen molar-refractivity contribution in [3.8, 4) is 0 Å². The van der Waals surface area contributed by atoms with Gasteiger partial charge >= 0.3 is 0 Å². The maximum Gasteiger partial charge on any atom is 0.268 e. The molecule has 2 aromatic carbocycles. The van der Waals surface area contributed by atoms with Crippen LogP contribution in [0.1, 0.15) is 51.3 Å². The van der Waals surface area contributed by atoms with Crippen LogP contribution in [0.3, 0.4) is 0 Å². The number of benzene rings is 2. The summed E-state index contributed by atoms with van der Waals surface area (Å²) in [4.78, 5) is 25.7. The average Bonchev–Trinajstić information content (AvgIpc) is 3.23. The summed E-state index contributed by atoms with van der Waals surface area (Å²) >= 11 is 0. The zero-order chi connectivity index (χ0) is 21.7. The minimum absolute atomic E-state index is 0.117. The Morgan fingerprint density at radius 3 is 2.33 bits per heavy atom. The average molecular weight is 402 g/mol.